The van der Waals surface area contributed by atoms with Gasteiger partial charge in [-0.15, -0.1) is 0 Å². The summed E-state index contributed by atoms with van der Waals surface area (Å²) in [6, 6.07) is 0.429. The van der Waals surface area contributed by atoms with Gasteiger partial charge in [0.05, 0.1) is 6.04 Å². The third kappa shape index (κ3) is 2.94. The van der Waals surface area contributed by atoms with E-state index in [1.807, 2.05) is 0 Å². The SMILES string of the molecule is CC(C)N1CCCNC(=O)[C@H]1C(C)(C)C. The number of hydrogen-bond donors (Lipinski definition) is 1. The van der Waals surface area contributed by atoms with Crippen LogP contribution in [0.2, 0.25) is 0 Å². The highest BCUT2D eigenvalue weighted by Gasteiger charge is 2.38. The number of rotatable bonds is 1. The number of carbonyl (C=O) groups excluding carboxylic acids is 1. The second-order valence-corrected chi connectivity index (χ2v) is 5.74. The second kappa shape index (κ2) is 4.52. The third-order valence-electron chi connectivity index (χ3n) is 2.96. The maximum absolute atomic E-state index is 12.0. The lowest BCUT2D eigenvalue weighted by atomic mass is 9.84. The van der Waals surface area contributed by atoms with Crippen molar-refractivity contribution >= 4 is 5.91 Å². The molecule has 1 saturated heterocycles. The van der Waals surface area contributed by atoms with E-state index in [0.717, 1.165) is 19.5 Å². The molecule has 0 aromatic carbocycles. The van der Waals surface area contributed by atoms with E-state index in [0.29, 0.717) is 6.04 Å². The average Bonchev–Trinajstić information content (AvgIpc) is 2.24. The molecule has 0 aliphatic carbocycles. The van der Waals surface area contributed by atoms with Crippen LogP contribution in [0, 0.1) is 5.41 Å². The Morgan fingerprint density at radius 3 is 2.47 bits per heavy atom. The van der Waals surface area contributed by atoms with Crippen molar-refractivity contribution in [1.82, 2.24) is 10.2 Å². The molecule has 0 spiro atoms. The average molecular weight is 212 g/mol. The van der Waals surface area contributed by atoms with Gasteiger partial charge in [0.25, 0.3) is 0 Å². The summed E-state index contributed by atoms with van der Waals surface area (Å²) >= 11 is 0. The normalized spacial score (nSPS) is 25.2. The van der Waals surface area contributed by atoms with Crippen molar-refractivity contribution in [3.8, 4) is 0 Å². The number of amides is 1. The molecule has 0 bridgehead atoms. The first kappa shape index (κ1) is 12.5. The third-order valence-corrected chi connectivity index (χ3v) is 2.96. The van der Waals surface area contributed by atoms with Gasteiger partial charge in [0, 0.05) is 19.1 Å². The Balaban J connectivity index is 2.94. The Morgan fingerprint density at radius 2 is 2.00 bits per heavy atom. The minimum absolute atomic E-state index is 0.000000000000000666. The molecule has 1 rings (SSSR count). The van der Waals surface area contributed by atoms with Crippen LogP contribution in [0.25, 0.3) is 0 Å². The summed E-state index contributed by atoms with van der Waals surface area (Å²) in [5.41, 5.74) is -0.00130. The van der Waals surface area contributed by atoms with Gasteiger partial charge in [-0.1, -0.05) is 20.8 Å². The molecule has 1 fully saturated rings. The molecular weight excluding hydrogens is 188 g/mol. The number of nitrogens with one attached hydrogen (secondary N) is 1. The molecule has 0 aromatic rings. The molecular formula is C12H24N2O. The first-order valence-corrected chi connectivity index (χ1v) is 5.87. The zero-order valence-corrected chi connectivity index (χ0v) is 10.6. The zero-order valence-electron chi connectivity index (χ0n) is 10.6. The maximum Gasteiger partial charge on any atom is 0.237 e. The van der Waals surface area contributed by atoms with E-state index in [9.17, 15) is 4.79 Å². The van der Waals surface area contributed by atoms with E-state index in [-0.39, 0.29) is 17.4 Å². The quantitative estimate of drug-likeness (QED) is 0.716. The standard InChI is InChI=1S/C12H24N2O/c1-9(2)14-8-6-7-13-11(15)10(14)12(3,4)5/h9-10H,6-8H2,1-5H3,(H,13,15)/t10-/m0/s1. The zero-order chi connectivity index (χ0) is 11.6. The molecule has 1 aliphatic rings. The molecule has 1 atom stereocenters. The summed E-state index contributed by atoms with van der Waals surface area (Å²) in [4.78, 5) is 14.3. The van der Waals surface area contributed by atoms with Gasteiger partial charge in [-0.25, -0.2) is 0 Å². The van der Waals surface area contributed by atoms with Gasteiger partial charge in [-0.2, -0.15) is 0 Å². The van der Waals surface area contributed by atoms with Crippen molar-refractivity contribution in [3.05, 3.63) is 0 Å². The predicted molar refractivity (Wildman–Crippen MR) is 62.7 cm³/mol. The minimum atomic E-state index is -0.00130. The number of carbonyl (C=O) groups is 1. The minimum Gasteiger partial charge on any atom is -0.355 e. The van der Waals surface area contributed by atoms with Crippen molar-refractivity contribution in [3.63, 3.8) is 0 Å². The summed E-state index contributed by atoms with van der Waals surface area (Å²) in [5.74, 6) is 0.189. The Labute approximate surface area is 93.2 Å². The molecule has 1 heterocycles. The van der Waals surface area contributed by atoms with Crippen LogP contribution in [-0.4, -0.2) is 36.0 Å². The molecule has 1 amide bonds. The van der Waals surface area contributed by atoms with E-state index in [4.69, 9.17) is 0 Å². The smallest absolute Gasteiger partial charge is 0.237 e. The van der Waals surface area contributed by atoms with Gasteiger partial charge in [0.2, 0.25) is 5.91 Å². The van der Waals surface area contributed by atoms with Gasteiger partial charge in [0.1, 0.15) is 0 Å². The van der Waals surface area contributed by atoms with E-state index in [2.05, 4.69) is 44.8 Å². The lowest BCUT2D eigenvalue weighted by Crippen LogP contribution is -2.54. The summed E-state index contributed by atoms with van der Waals surface area (Å²) in [6.45, 7) is 12.6. The molecule has 0 unspecified atom stereocenters. The van der Waals surface area contributed by atoms with Crippen LogP contribution in [0.15, 0.2) is 0 Å². The summed E-state index contributed by atoms with van der Waals surface area (Å²) in [5, 5.41) is 3.01. The predicted octanol–water partition coefficient (Wildman–Crippen LogP) is 1.63. The van der Waals surface area contributed by atoms with Crippen LogP contribution in [0.1, 0.15) is 41.0 Å². The lowest BCUT2D eigenvalue weighted by molar-refractivity contribution is -0.130. The first-order valence-electron chi connectivity index (χ1n) is 5.87. The molecule has 1 aliphatic heterocycles. The van der Waals surface area contributed by atoms with Gasteiger partial charge < -0.3 is 5.32 Å². The molecule has 1 N–H and O–H groups in total. The van der Waals surface area contributed by atoms with Gasteiger partial charge in [-0.05, 0) is 25.7 Å². The highest BCUT2D eigenvalue weighted by molar-refractivity contribution is 5.82. The van der Waals surface area contributed by atoms with Crippen LogP contribution in [-0.2, 0) is 4.79 Å². The van der Waals surface area contributed by atoms with Crippen molar-refractivity contribution < 1.29 is 4.79 Å². The molecule has 15 heavy (non-hydrogen) atoms. The fraction of sp³-hybridized carbons (Fsp3) is 0.917. The maximum atomic E-state index is 12.0. The molecule has 3 nitrogen and oxygen atoms in total. The highest BCUT2D eigenvalue weighted by Crippen LogP contribution is 2.27. The van der Waals surface area contributed by atoms with E-state index in [1.54, 1.807) is 0 Å². The molecule has 88 valence electrons. The summed E-state index contributed by atoms with van der Waals surface area (Å²) in [6.07, 6.45) is 1.05. The Kier molecular flexibility index (Phi) is 3.77. The molecule has 0 radical (unpaired) electrons. The van der Waals surface area contributed by atoms with Gasteiger partial charge >= 0.3 is 0 Å². The second-order valence-electron chi connectivity index (χ2n) is 5.74. The van der Waals surface area contributed by atoms with Gasteiger partial charge in [-0.3, -0.25) is 9.69 Å². The highest BCUT2D eigenvalue weighted by atomic mass is 16.2. The van der Waals surface area contributed by atoms with Crippen LogP contribution in [0.3, 0.4) is 0 Å². The lowest BCUT2D eigenvalue weighted by Gasteiger charge is -2.39. The molecule has 0 aromatic heterocycles. The Hall–Kier alpha value is -0.570. The van der Waals surface area contributed by atoms with Crippen LogP contribution >= 0.6 is 0 Å². The topological polar surface area (TPSA) is 32.3 Å². The van der Waals surface area contributed by atoms with E-state index in [1.165, 1.54) is 0 Å². The van der Waals surface area contributed by atoms with Crippen molar-refractivity contribution in [2.45, 2.75) is 53.1 Å². The molecule has 0 saturated carbocycles. The van der Waals surface area contributed by atoms with Gasteiger partial charge in [0.15, 0.2) is 0 Å². The van der Waals surface area contributed by atoms with Crippen molar-refractivity contribution in [2.24, 2.45) is 5.41 Å². The van der Waals surface area contributed by atoms with Crippen LogP contribution in [0.5, 0.6) is 0 Å². The fourth-order valence-corrected chi connectivity index (χ4v) is 2.30. The van der Waals surface area contributed by atoms with Crippen molar-refractivity contribution in [1.29, 1.82) is 0 Å². The van der Waals surface area contributed by atoms with Crippen molar-refractivity contribution in [2.75, 3.05) is 13.1 Å². The first-order chi connectivity index (χ1) is 6.84. The Bertz CT molecular complexity index is 230. The molecule has 3 heteroatoms. The van der Waals surface area contributed by atoms with Crippen LogP contribution in [0.4, 0.5) is 0 Å². The summed E-state index contributed by atoms with van der Waals surface area (Å²) < 4.78 is 0. The van der Waals surface area contributed by atoms with E-state index < -0.39 is 0 Å². The fourth-order valence-electron chi connectivity index (χ4n) is 2.30. The summed E-state index contributed by atoms with van der Waals surface area (Å²) in [7, 11) is 0. The monoisotopic (exact) mass is 212 g/mol. The Morgan fingerprint density at radius 1 is 1.40 bits per heavy atom. The largest absolute Gasteiger partial charge is 0.355 e. The van der Waals surface area contributed by atoms with E-state index >= 15 is 0 Å². The van der Waals surface area contributed by atoms with Crippen LogP contribution < -0.4 is 5.32 Å². The number of nitrogens with zero attached hydrogens (tertiary/aromatic N) is 1. The number of hydrogen-bond acceptors (Lipinski definition) is 2.